The van der Waals surface area contributed by atoms with Crippen LogP contribution in [0.4, 0.5) is 0 Å². The molecule has 0 aliphatic heterocycles. The first-order valence-corrected chi connectivity index (χ1v) is 10.6. The van der Waals surface area contributed by atoms with Gasteiger partial charge in [-0.3, -0.25) is 0 Å². The molecule has 1 aromatic carbocycles. The molecule has 0 N–H and O–H groups in total. The fraction of sp³-hybridized carbons (Fsp3) is 0.273. The summed E-state index contributed by atoms with van der Waals surface area (Å²) >= 11 is 9.35. The largest absolute Gasteiger partial charge is 0.129 e. The van der Waals surface area contributed by atoms with Crippen LogP contribution in [0.5, 0.6) is 0 Å². The normalized spacial score (nSPS) is 10.8. The molecule has 0 aliphatic rings. The molecule has 0 nitrogen and oxygen atoms in total. The van der Waals surface area contributed by atoms with Gasteiger partial charge in [0.25, 0.3) is 0 Å². The first-order chi connectivity index (χ1) is 6.79. The third-order valence-electron chi connectivity index (χ3n) is 1.58. The van der Waals surface area contributed by atoms with Gasteiger partial charge in [-0.25, -0.2) is 0 Å². The van der Waals surface area contributed by atoms with Crippen LogP contribution in [-0.2, 0) is 0 Å². The Morgan fingerprint density at radius 1 is 1.13 bits per heavy atom. The molecule has 0 amide bonds. The van der Waals surface area contributed by atoms with E-state index in [0.717, 1.165) is 14.5 Å². The summed E-state index contributed by atoms with van der Waals surface area (Å²) in [5, 5.41) is 0. The van der Waals surface area contributed by atoms with Crippen LogP contribution in [-0.4, -0.2) is 8.07 Å². The van der Waals surface area contributed by atoms with Crippen molar-refractivity contribution in [3.8, 4) is 11.5 Å². The van der Waals surface area contributed by atoms with Gasteiger partial charge < -0.3 is 0 Å². The summed E-state index contributed by atoms with van der Waals surface area (Å²) in [7, 11) is -1.29. The van der Waals surface area contributed by atoms with Gasteiger partial charge in [0.1, 0.15) is 8.07 Å². The number of rotatable bonds is 0. The van der Waals surface area contributed by atoms with Gasteiger partial charge in [0.15, 0.2) is 0 Å². The van der Waals surface area contributed by atoms with Gasteiger partial charge in [0.05, 0.1) is 0 Å². The van der Waals surface area contributed by atoms with Gasteiger partial charge in [-0.15, -0.1) is 5.54 Å². The van der Waals surface area contributed by atoms with Crippen molar-refractivity contribution in [2.24, 2.45) is 0 Å². The number of halogens is 3. The second kappa shape index (κ2) is 5.35. The molecule has 80 valence electrons. The Labute approximate surface area is 123 Å². The van der Waals surface area contributed by atoms with E-state index < -0.39 is 8.07 Å². The second-order valence-corrected chi connectivity index (χ2v) is 11.9. The molecule has 0 spiro atoms. The minimum Gasteiger partial charge on any atom is -0.127 e. The molecule has 0 heterocycles. The summed E-state index contributed by atoms with van der Waals surface area (Å²) in [6.45, 7) is 6.74. The SMILES string of the molecule is C[Si](C)(C)C#Cc1cc(Br)c(I)cc1Br. The Kier molecular flexibility index (Phi) is 4.90. The average Bonchev–Trinajstić information content (AvgIpc) is 2.07. The van der Waals surface area contributed by atoms with E-state index in [1.807, 2.05) is 0 Å². The molecule has 0 saturated carbocycles. The third kappa shape index (κ3) is 4.59. The lowest BCUT2D eigenvalue weighted by atomic mass is 10.2. The van der Waals surface area contributed by atoms with Crippen LogP contribution in [0.2, 0.25) is 19.6 Å². The fourth-order valence-electron chi connectivity index (χ4n) is 0.873. The molecule has 4 heteroatoms. The minimum atomic E-state index is -1.29. The Hall–Kier alpha value is 0.687. The maximum Gasteiger partial charge on any atom is 0.129 e. The molecule has 0 fully saturated rings. The van der Waals surface area contributed by atoms with E-state index in [2.05, 4.69) is 97.7 Å². The topological polar surface area (TPSA) is 0 Å². The predicted molar refractivity (Wildman–Crippen MR) is 84.8 cm³/mol. The smallest absolute Gasteiger partial charge is 0.127 e. The number of hydrogen-bond donors (Lipinski definition) is 0. The van der Waals surface area contributed by atoms with Crippen molar-refractivity contribution >= 4 is 62.5 Å². The van der Waals surface area contributed by atoms with Crippen LogP contribution >= 0.6 is 54.5 Å². The first-order valence-electron chi connectivity index (χ1n) is 4.47. The predicted octanol–water partition coefficient (Wildman–Crippen LogP) is 5.05. The van der Waals surface area contributed by atoms with Gasteiger partial charge in [-0.2, -0.15) is 0 Å². The van der Waals surface area contributed by atoms with Gasteiger partial charge >= 0.3 is 0 Å². The van der Waals surface area contributed by atoms with Crippen LogP contribution in [0.1, 0.15) is 5.56 Å². The van der Waals surface area contributed by atoms with Crippen molar-refractivity contribution in [3.63, 3.8) is 0 Å². The van der Waals surface area contributed by atoms with Gasteiger partial charge in [-0.1, -0.05) is 25.6 Å². The molecule has 0 unspecified atom stereocenters. The van der Waals surface area contributed by atoms with E-state index in [1.54, 1.807) is 0 Å². The van der Waals surface area contributed by atoms with Crippen LogP contribution in [0, 0.1) is 15.0 Å². The standard InChI is InChI=1S/C11H11Br2ISi/c1-15(2,3)5-4-8-6-10(13)11(14)7-9(8)12/h6-7H,1-3H3. The van der Waals surface area contributed by atoms with E-state index in [1.165, 1.54) is 3.57 Å². The van der Waals surface area contributed by atoms with Crippen LogP contribution in [0.25, 0.3) is 0 Å². The summed E-state index contributed by atoms with van der Waals surface area (Å²) in [4.78, 5) is 0. The summed E-state index contributed by atoms with van der Waals surface area (Å²) in [6, 6.07) is 4.15. The van der Waals surface area contributed by atoms with Crippen molar-refractivity contribution in [1.29, 1.82) is 0 Å². The molecule has 1 aromatic rings. The highest BCUT2D eigenvalue weighted by molar-refractivity contribution is 14.1. The minimum absolute atomic E-state index is 1.06. The zero-order valence-corrected chi connectivity index (χ0v) is 15.1. The molecule has 0 aromatic heterocycles. The van der Waals surface area contributed by atoms with Crippen molar-refractivity contribution in [3.05, 3.63) is 30.2 Å². The molecule has 0 saturated heterocycles. The third-order valence-corrected chi connectivity index (χ3v) is 5.40. The van der Waals surface area contributed by atoms with E-state index in [-0.39, 0.29) is 0 Å². The molecule has 1 rings (SSSR count). The molecular weight excluding hydrogens is 447 g/mol. The van der Waals surface area contributed by atoms with Crippen LogP contribution in [0.3, 0.4) is 0 Å². The van der Waals surface area contributed by atoms with Crippen molar-refractivity contribution in [2.45, 2.75) is 19.6 Å². The lowest BCUT2D eigenvalue weighted by molar-refractivity contribution is 1.50. The monoisotopic (exact) mass is 456 g/mol. The zero-order valence-electron chi connectivity index (χ0n) is 8.79. The Morgan fingerprint density at radius 3 is 2.27 bits per heavy atom. The summed E-state index contributed by atoms with van der Waals surface area (Å²) < 4.78 is 3.37. The van der Waals surface area contributed by atoms with E-state index in [0.29, 0.717) is 0 Å². The second-order valence-electron chi connectivity index (χ2n) is 4.25. The molecule has 0 atom stereocenters. The fourth-order valence-corrected chi connectivity index (χ4v) is 3.06. The average molecular weight is 458 g/mol. The Balaban J connectivity index is 3.15. The lowest BCUT2D eigenvalue weighted by Gasteiger charge is -2.05. The van der Waals surface area contributed by atoms with Gasteiger partial charge in [0.2, 0.25) is 0 Å². The molecule has 15 heavy (non-hydrogen) atoms. The number of benzene rings is 1. The first kappa shape index (κ1) is 13.8. The molecular formula is C11H11Br2ISi. The van der Waals surface area contributed by atoms with Crippen molar-refractivity contribution in [2.75, 3.05) is 0 Å². The zero-order chi connectivity index (χ0) is 11.6. The van der Waals surface area contributed by atoms with E-state index in [9.17, 15) is 0 Å². The number of hydrogen-bond acceptors (Lipinski definition) is 0. The molecule has 0 aliphatic carbocycles. The summed E-state index contributed by atoms with van der Waals surface area (Å²) in [5.74, 6) is 3.25. The quantitative estimate of drug-likeness (QED) is 0.221. The van der Waals surface area contributed by atoms with E-state index in [4.69, 9.17) is 0 Å². The van der Waals surface area contributed by atoms with E-state index >= 15 is 0 Å². The highest BCUT2D eigenvalue weighted by Crippen LogP contribution is 2.26. The maximum atomic E-state index is 3.54. The highest BCUT2D eigenvalue weighted by Gasteiger charge is 2.08. The summed E-state index contributed by atoms with van der Waals surface area (Å²) in [6.07, 6.45) is 0. The maximum absolute atomic E-state index is 3.54. The lowest BCUT2D eigenvalue weighted by Crippen LogP contribution is -2.16. The highest BCUT2D eigenvalue weighted by atomic mass is 127. The molecule has 0 bridgehead atoms. The van der Waals surface area contributed by atoms with Crippen molar-refractivity contribution in [1.82, 2.24) is 0 Å². The molecule has 0 radical (unpaired) electrons. The van der Waals surface area contributed by atoms with Gasteiger partial charge in [0, 0.05) is 18.1 Å². The Bertz CT molecular complexity index is 438. The van der Waals surface area contributed by atoms with Crippen LogP contribution < -0.4 is 0 Å². The van der Waals surface area contributed by atoms with Gasteiger partial charge in [-0.05, 0) is 66.6 Å². The van der Waals surface area contributed by atoms with Crippen LogP contribution in [0.15, 0.2) is 21.1 Å². The van der Waals surface area contributed by atoms with Crippen molar-refractivity contribution < 1.29 is 0 Å². The summed E-state index contributed by atoms with van der Waals surface area (Å²) in [5.41, 5.74) is 4.42. The Morgan fingerprint density at radius 2 is 1.73 bits per heavy atom.